The van der Waals surface area contributed by atoms with Gasteiger partial charge in [0.05, 0.1) is 5.41 Å². The van der Waals surface area contributed by atoms with E-state index in [9.17, 15) is 9.18 Å². The van der Waals surface area contributed by atoms with Crippen LogP contribution in [0, 0.1) is 11.7 Å². The van der Waals surface area contributed by atoms with Crippen molar-refractivity contribution in [2.24, 2.45) is 5.92 Å². The van der Waals surface area contributed by atoms with Gasteiger partial charge in [0.2, 0.25) is 5.91 Å². The first-order valence-electron chi connectivity index (χ1n) is 9.57. The van der Waals surface area contributed by atoms with Crippen LogP contribution >= 0.6 is 0 Å². The minimum absolute atomic E-state index is 0.00391. The third-order valence-corrected chi connectivity index (χ3v) is 5.79. The molecule has 0 atom stereocenters. The van der Waals surface area contributed by atoms with E-state index in [0.717, 1.165) is 42.2 Å². The summed E-state index contributed by atoms with van der Waals surface area (Å²) < 4.78 is 13.1. The molecule has 2 aromatic rings. The third kappa shape index (κ3) is 3.59. The standard InChI is InChI=1S/C22H25FN2O/c23-18-7-5-17(6-8-18)22(13-14-22)21(26)25-20-11-9-19(10-12-20)24-15-16-3-1-2-4-16/h5-12,16,24H,1-4,13-15H2,(H,25,26). The molecule has 0 unspecified atom stereocenters. The molecule has 2 fully saturated rings. The van der Waals surface area contributed by atoms with Crippen molar-refractivity contribution in [2.75, 3.05) is 17.2 Å². The Kier molecular flexibility index (Phi) is 4.66. The third-order valence-electron chi connectivity index (χ3n) is 5.79. The molecule has 136 valence electrons. The minimum atomic E-state index is -0.493. The summed E-state index contributed by atoms with van der Waals surface area (Å²) in [7, 11) is 0. The lowest BCUT2D eigenvalue weighted by Crippen LogP contribution is -2.27. The van der Waals surface area contributed by atoms with Gasteiger partial charge in [0.25, 0.3) is 0 Å². The fourth-order valence-electron chi connectivity index (χ4n) is 3.94. The van der Waals surface area contributed by atoms with Crippen LogP contribution in [-0.2, 0) is 10.2 Å². The van der Waals surface area contributed by atoms with Crippen molar-refractivity contribution in [1.29, 1.82) is 0 Å². The van der Waals surface area contributed by atoms with Crippen LogP contribution in [0.3, 0.4) is 0 Å². The van der Waals surface area contributed by atoms with Gasteiger partial charge in [-0.25, -0.2) is 4.39 Å². The normalized spacial score (nSPS) is 18.5. The molecule has 1 amide bonds. The van der Waals surface area contributed by atoms with Crippen LogP contribution < -0.4 is 10.6 Å². The monoisotopic (exact) mass is 352 g/mol. The van der Waals surface area contributed by atoms with E-state index in [4.69, 9.17) is 0 Å². The second-order valence-electron chi connectivity index (χ2n) is 7.65. The molecular formula is C22H25FN2O. The smallest absolute Gasteiger partial charge is 0.235 e. The Morgan fingerprint density at radius 2 is 1.58 bits per heavy atom. The van der Waals surface area contributed by atoms with Crippen molar-refractivity contribution in [3.05, 3.63) is 59.9 Å². The summed E-state index contributed by atoms with van der Waals surface area (Å²) in [6.45, 7) is 1.03. The maximum Gasteiger partial charge on any atom is 0.235 e. The Morgan fingerprint density at radius 1 is 0.962 bits per heavy atom. The number of halogens is 1. The quantitative estimate of drug-likeness (QED) is 0.759. The van der Waals surface area contributed by atoms with Gasteiger partial charge in [-0.2, -0.15) is 0 Å². The fourth-order valence-corrected chi connectivity index (χ4v) is 3.94. The summed E-state index contributed by atoms with van der Waals surface area (Å²) in [5.74, 6) is 0.515. The largest absolute Gasteiger partial charge is 0.385 e. The van der Waals surface area contributed by atoms with Crippen LogP contribution in [0.25, 0.3) is 0 Å². The van der Waals surface area contributed by atoms with Crippen LogP contribution in [0.1, 0.15) is 44.1 Å². The van der Waals surface area contributed by atoms with Crippen molar-refractivity contribution in [1.82, 2.24) is 0 Å². The molecule has 2 aliphatic rings. The van der Waals surface area contributed by atoms with E-state index in [2.05, 4.69) is 10.6 Å². The zero-order valence-electron chi connectivity index (χ0n) is 14.9. The highest BCUT2D eigenvalue weighted by Crippen LogP contribution is 2.49. The average molecular weight is 352 g/mol. The summed E-state index contributed by atoms with van der Waals surface area (Å²) >= 11 is 0. The van der Waals surface area contributed by atoms with Crippen molar-refractivity contribution in [3.63, 3.8) is 0 Å². The second-order valence-corrected chi connectivity index (χ2v) is 7.65. The summed E-state index contributed by atoms with van der Waals surface area (Å²) in [5, 5.41) is 6.51. The first-order chi connectivity index (χ1) is 12.7. The molecule has 0 radical (unpaired) electrons. The second kappa shape index (κ2) is 7.10. The summed E-state index contributed by atoms with van der Waals surface area (Å²) in [6, 6.07) is 14.2. The number of hydrogen-bond donors (Lipinski definition) is 2. The number of carbonyl (C=O) groups excluding carboxylic acids is 1. The van der Waals surface area contributed by atoms with E-state index in [1.54, 1.807) is 12.1 Å². The Hall–Kier alpha value is -2.36. The zero-order chi connectivity index (χ0) is 18.0. The Labute approximate surface area is 154 Å². The molecule has 26 heavy (non-hydrogen) atoms. The molecular weight excluding hydrogens is 327 g/mol. The van der Waals surface area contributed by atoms with Crippen LogP contribution in [0.15, 0.2) is 48.5 Å². The fraction of sp³-hybridized carbons (Fsp3) is 0.409. The number of rotatable bonds is 6. The van der Waals surface area contributed by atoms with E-state index in [1.165, 1.54) is 37.8 Å². The highest BCUT2D eigenvalue weighted by molar-refractivity contribution is 6.01. The number of amides is 1. The minimum Gasteiger partial charge on any atom is -0.385 e. The van der Waals surface area contributed by atoms with Gasteiger partial charge in [-0.05, 0) is 73.6 Å². The van der Waals surface area contributed by atoms with Gasteiger partial charge in [-0.1, -0.05) is 25.0 Å². The van der Waals surface area contributed by atoms with E-state index < -0.39 is 5.41 Å². The number of nitrogens with one attached hydrogen (secondary N) is 2. The summed E-state index contributed by atoms with van der Waals surface area (Å²) in [6.07, 6.45) is 6.98. The lowest BCUT2D eigenvalue weighted by molar-refractivity contribution is -0.118. The molecule has 2 saturated carbocycles. The number of anilines is 2. The predicted molar refractivity (Wildman–Crippen MR) is 103 cm³/mol. The van der Waals surface area contributed by atoms with Gasteiger partial charge in [0.15, 0.2) is 0 Å². The van der Waals surface area contributed by atoms with E-state index in [0.29, 0.717) is 0 Å². The maximum absolute atomic E-state index is 13.1. The molecule has 0 aliphatic heterocycles. The average Bonchev–Trinajstić information content (AvgIpc) is 3.30. The molecule has 2 N–H and O–H groups in total. The van der Waals surface area contributed by atoms with Crippen LogP contribution in [0.2, 0.25) is 0 Å². The van der Waals surface area contributed by atoms with Crippen molar-refractivity contribution in [2.45, 2.75) is 43.9 Å². The molecule has 2 aromatic carbocycles. The van der Waals surface area contributed by atoms with Gasteiger partial charge >= 0.3 is 0 Å². The first-order valence-corrected chi connectivity index (χ1v) is 9.57. The van der Waals surface area contributed by atoms with Crippen LogP contribution in [-0.4, -0.2) is 12.5 Å². The molecule has 0 bridgehead atoms. The molecule has 0 spiro atoms. The summed E-state index contributed by atoms with van der Waals surface area (Å²) in [4.78, 5) is 12.7. The van der Waals surface area contributed by atoms with Crippen LogP contribution in [0.4, 0.5) is 15.8 Å². The number of carbonyl (C=O) groups is 1. The van der Waals surface area contributed by atoms with Crippen LogP contribution in [0.5, 0.6) is 0 Å². The van der Waals surface area contributed by atoms with E-state index >= 15 is 0 Å². The Morgan fingerprint density at radius 3 is 2.19 bits per heavy atom. The molecule has 3 nitrogen and oxygen atoms in total. The Balaban J connectivity index is 1.36. The van der Waals surface area contributed by atoms with Gasteiger partial charge in [-0.15, -0.1) is 0 Å². The predicted octanol–water partition coefficient (Wildman–Crippen LogP) is 5.10. The van der Waals surface area contributed by atoms with Gasteiger partial charge in [-0.3, -0.25) is 4.79 Å². The first kappa shape index (κ1) is 17.1. The van der Waals surface area contributed by atoms with Crippen molar-refractivity contribution >= 4 is 17.3 Å². The van der Waals surface area contributed by atoms with E-state index in [1.807, 2.05) is 24.3 Å². The van der Waals surface area contributed by atoms with Gasteiger partial charge in [0, 0.05) is 17.9 Å². The number of benzene rings is 2. The zero-order valence-corrected chi connectivity index (χ0v) is 14.9. The van der Waals surface area contributed by atoms with Gasteiger partial charge < -0.3 is 10.6 Å². The highest BCUT2D eigenvalue weighted by Gasteiger charge is 2.51. The lowest BCUT2D eigenvalue weighted by Gasteiger charge is -2.16. The molecule has 2 aliphatic carbocycles. The van der Waals surface area contributed by atoms with Crippen molar-refractivity contribution in [3.8, 4) is 0 Å². The molecule has 4 heteroatoms. The SMILES string of the molecule is O=C(Nc1ccc(NCC2CCCC2)cc1)C1(c2ccc(F)cc2)CC1. The summed E-state index contributed by atoms with van der Waals surface area (Å²) in [5.41, 5.74) is 2.29. The number of hydrogen-bond acceptors (Lipinski definition) is 2. The molecule has 0 heterocycles. The Bertz CT molecular complexity index is 760. The topological polar surface area (TPSA) is 41.1 Å². The van der Waals surface area contributed by atoms with E-state index in [-0.39, 0.29) is 11.7 Å². The maximum atomic E-state index is 13.1. The highest BCUT2D eigenvalue weighted by atomic mass is 19.1. The molecule has 4 rings (SSSR count). The van der Waals surface area contributed by atoms with Crippen molar-refractivity contribution < 1.29 is 9.18 Å². The molecule has 0 saturated heterocycles. The lowest BCUT2D eigenvalue weighted by atomic mass is 9.95. The van der Waals surface area contributed by atoms with Gasteiger partial charge in [0.1, 0.15) is 5.82 Å². The molecule has 0 aromatic heterocycles.